The van der Waals surface area contributed by atoms with Crippen LogP contribution in [-0.2, 0) is 15.6 Å². The lowest BCUT2D eigenvalue weighted by molar-refractivity contribution is -0.126. The van der Waals surface area contributed by atoms with Crippen LogP contribution in [0.3, 0.4) is 0 Å². The summed E-state index contributed by atoms with van der Waals surface area (Å²) in [5.41, 5.74) is 0. The quantitative estimate of drug-likeness (QED) is 0.458. The van der Waals surface area contributed by atoms with E-state index in [1.54, 1.807) is 0 Å². The number of benzene rings is 1. The summed E-state index contributed by atoms with van der Waals surface area (Å²) < 4.78 is 12.3. The second-order valence-corrected chi connectivity index (χ2v) is 9.18. The molecule has 0 radical (unpaired) electrons. The second kappa shape index (κ2) is 10.6. The Morgan fingerprint density at radius 2 is 1.89 bits per heavy atom. The SMILES string of the molecule is CCNC(=NCCS(=O)c1ccccc1)NC1CCCC(C(=O)NC2CC2)C1. The second-order valence-electron chi connectivity index (χ2n) is 7.61. The summed E-state index contributed by atoms with van der Waals surface area (Å²) in [4.78, 5) is 17.8. The fourth-order valence-corrected chi connectivity index (χ4v) is 4.50. The highest BCUT2D eigenvalue weighted by Gasteiger charge is 2.31. The smallest absolute Gasteiger partial charge is 0.223 e. The van der Waals surface area contributed by atoms with E-state index in [4.69, 9.17) is 0 Å². The highest BCUT2D eigenvalue weighted by molar-refractivity contribution is 7.85. The van der Waals surface area contributed by atoms with Crippen molar-refractivity contribution in [2.24, 2.45) is 10.9 Å². The Labute approximate surface area is 170 Å². The summed E-state index contributed by atoms with van der Waals surface area (Å²) in [6, 6.07) is 10.2. The molecule has 1 aromatic rings. The maximum atomic E-state index is 12.4. The lowest BCUT2D eigenvalue weighted by Gasteiger charge is -2.30. The monoisotopic (exact) mass is 404 g/mol. The molecule has 2 saturated carbocycles. The van der Waals surface area contributed by atoms with E-state index < -0.39 is 10.8 Å². The van der Waals surface area contributed by atoms with E-state index in [0.717, 1.165) is 55.9 Å². The van der Waals surface area contributed by atoms with Gasteiger partial charge in [0.1, 0.15) is 0 Å². The molecule has 1 aromatic carbocycles. The number of hydrogen-bond acceptors (Lipinski definition) is 3. The van der Waals surface area contributed by atoms with Gasteiger partial charge < -0.3 is 16.0 Å². The Hall–Kier alpha value is -1.89. The Morgan fingerprint density at radius 1 is 1.11 bits per heavy atom. The van der Waals surface area contributed by atoms with Crippen molar-refractivity contribution >= 4 is 22.7 Å². The van der Waals surface area contributed by atoms with E-state index in [-0.39, 0.29) is 17.9 Å². The molecular weight excluding hydrogens is 372 g/mol. The minimum Gasteiger partial charge on any atom is -0.357 e. The summed E-state index contributed by atoms with van der Waals surface area (Å²) in [6.07, 6.45) is 6.17. The molecule has 7 heteroatoms. The first-order chi connectivity index (χ1) is 13.7. The van der Waals surface area contributed by atoms with E-state index in [1.165, 1.54) is 0 Å². The number of rotatable bonds is 8. The summed E-state index contributed by atoms with van der Waals surface area (Å²) in [7, 11) is -1.04. The van der Waals surface area contributed by atoms with Crippen molar-refractivity contribution in [3.8, 4) is 0 Å². The van der Waals surface area contributed by atoms with Crippen LogP contribution in [0.25, 0.3) is 0 Å². The van der Waals surface area contributed by atoms with Crippen LogP contribution >= 0.6 is 0 Å². The molecule has 6 nitrogen and oxygen atoms in total. The summed E-state index contributed by atoms with van der Waals surface area (Å²) in [5, 5.41) is 9.89. The first kappa shape index (κ1) is 20.8. The third-order valence-corrected chi connectivity index (χ3v) is 6.56. The largest absolute Gasteiger partial charge is 0.357 e. The van der Waals surface area contributed by atoms with Gasteiger partial charge in [0.05, 0.1) is 17.3 Å². The van der Waals surface area contributed by atoms with Crippen LogP contribution in [0, 0.1) is 5.92 Å². The third kappa shape index (κ3) is 6.62. The highest BCUT2D eigenvalue weighted by atomic mass is 32.2. The van der Waals surface area contributed by atoms with Gasteiger partial charge in [0, 0.05) is 35.2 Å². The summed E-state index contributed by atoms with van der Waals surface area (Å²) >= 11 is 0. The molecule has 2 aliphatic carbocycles. The van der Waals surface area contributed by atoms with Crippen molar-refractivity contribution in [2.75, 3.05) is 18.8 Å². The van der Waals surface area contributed by atoms with Gasteiger partial charge in [-0.1, -0.05) is 24.6 Å². The van der Waals surface area contributed by atoms with Gasteiger partial charge in [-0.2, -0.15) is 0 Å². The van der Waals surface area contributed by atoms with Gasteiger partial charge in [0.2, 0.25) is 5.91 Å². The molecule has 3 atom stereocenters. The van der Waals surface area contributed by atoms with Crippen molar-refractivity contribution in [1.82, 2.24) is 16.0 Å². The van der Waals surface area contributed by atoms with E-state index in [2.05, 4.69) is 20.9 Å². The number of carbonyl (C=O) groups excluding carboxylic acids is 1. The molecule has 3 rings (SSSR count). The Balaban J connectivity index is 1.49. The standard InChI is InChI=1S/C21H32N4O2S/c1-2-22-21(23-13-14-28(27)19-9-4-3-5-10-19)25-18-8-6-7-16(15-18)20(26)24-17-11-12-17/h3-5,9-10,16-18H,2,6-8,11-15H2,1H3,(H,24,26)(H2,22,23,25). The number of amides is 1. The van der Waals surface area contributed by atoms with Crippen LogP contribution in [0.2, 0.25) is 0 Å². The Kier molecular flexibility index (Phi) is 7.89. The first-order valence-electron chi connectivity index (χ1n) is 10.4. The topological polar surface area (TPSA) is 82.6 Å². The fraction of sp³-hybridized carbons (Fsp3) is 0.619. The van der Waals surface area contributed by atoms with Gasteiger partial charge in [0.15, 0.2) is 5.96 Å². The minimum atomic E-state index is -1.04. The third-order valence-electron chi connectivity index (χ3n) is 5.21. The van der Waals surface area contributed by atoms with Crippen LogP contribution in [0.1, 0.15) is 45.4 Å². The molecule has 0 aromatic heterocycles. The molecule has 0 spiro atoms. The highest BCUT2D eigenvalue weighted by Crippen LogP contribution is 2.26. The molecule has 0 heterocycles. The van der Waals surface area contributed by atoms with Crippen molar-refractivity contribution in [2.45, 2.75) is 62.4 Å². The number of aliphatic imine (C=N–C) groups is 1. The number of nitrogens with zero attached hydrogens (tertiary/aromatic N) is 1. The molecule has 2 fully saturated rings. The number of nitrogens with one attached hydrogen (secondary N) is 3. The molecule has 3 unspecified atom stereocenters. The molecule has 0 saturated heterocycles. The van der Waals surface area contributed by atoms with Crippen molar-refractivity contribution in [3.05, 3.63) is 30.3 Å². The van der Waals surface area contributed by atoms with Crippen molar-refractivity contribution < 1.29 is 9.00 Å². The zero-order chi connectivity index (χ0) is 19.8. The molecule has 2 aliphatic rings. The predicted molar refractivity (Wildman–Crippen MR) is 114 cm³/mol. The lowest BCUT2D eigenvalue weighted by Crippen LogP contribution is -2.47. The summed E-state index contributed by atoms with van der Waals surface area (Å²) in [5.74, 6) is 1.56. The molecule has 1 amide bonds. The van der Waals surface area contributed by atoms with Crippen LogP contribution in [-0.4, -0.2) is 47.0 Å². The van der Waals surface area contributed by atoms with Gasteiger partial charge >= 0.3 is 0 Å². The zero-order valence-corrected chi connectivity index (χ0v) is 17.5. The van der Waals surface area contributed by atoms with Gasteiger partial charge in [-0.25, -0.2) is 0 Å². The predicted octanol–water partition coefficient (Wildman–Crippen LogP) is 2.19. The van der Waals surface area contributed by atoms with E-state index >= 15 is 0 Å². The van der Waals surface area contributed by atoms with E-state index in [0.29, 0.717) is 18.3 Å². The normalized spacial score (nSPS) is 23.7. The van der Waals surface area contributed by atoms with Gasteiger partial charge in [-0.15, -0.1) is 0 Å². The molecule has 28 heavy (non-hydrogen) atoms. The van der Waals surface area contributed by atoms with Gasteiger partial charge in [-0.05, 0) is 51.2 Å². The molecule has 0 aliphatic heterocycles. The maximum Gasteiger partial charge on any atom is 0.223 e. The van der Waals surface area contributed by atoms with Crippen LogP contribution < -0.4 is 16.0 Å². The summed E-state index contributed by atoms with van der Waals surface area (Å²) in [6.45, 7) is 3.30. The Morgan fingerprint density at radius 3 is 2.61 bits per heavy atom. The van der Waals surface area contributed by atoms with E-state index in [1.807, 2.05) is 37.3 Å². The molecule has 0 bridgehead atoms. The van der Waals surface area contributed by atoms with E-state index in [9.17, 15) is 9.00 Å². The minimum absolute atomic E-state index is 0.0975. The lowest BCUT2D eigenvalue weighted by atomic mass is 9.85. The maximum absolute atomic E-state index is 12.4. The average Bonchev–Trinajstić information content (AvgIpc) is 3.53. The van der Waals surface area contributed by atoms with Crippen molar-refractivity contribution in [1.29, 1.82) is 0 Å². The van der Waals surface area contributed by atoms with Crippen molar-refractivity contribution in [3.63, 3.8) is 0 Å². The van der Waals surface area contributed by atoms with Crippen LogP contribution in [0.15, 0.2) is 40.2 Å². The van der Waals surface area contributed by atoms with Crippen LogP contribution in [0.5, 0.6) is 0 Å². The average molecular weight is 405 g/mol. The number of hydrogen-bond donors (Lipinski definition) is 3. The number of carbonyl (C=O) groups is 1. The van der Waals surface area contributed by atoms with Crippen LogP contribution in [0.4, 0.5) is 0 Å². The molecular formula is C21H32N4O2S. The molecule has 154 valence electrons. The fourth-order valence-electron chi connectivity index (χ4n) is 3.55. The first-order valence-corrected chi connectivity index (χ1v) is 11.8. The van der Waals surface area contributed by atoms with Gasteiger partial charge in [-0.3, -0.25) is 14.0 Å². The van der Waals surface area contributed by atoms with Gasteiger partial charge in [0.25, 0.3) is 0 Å². The zero-order valence-electron chi connectivity index (χ0n) is 16.7. The Bertz CT molecular complexity index is 691. The molecule has 3 N–H and O–H groups in total. The number of guanidine groups is 1.